The fourth-order valence-corrected chi connectivity index (χ4v) is 1.48. The van der Waals surface area contributed by atoms with Crippen molar-refractivity contribution in [2.75, 3.05) is 5.32 Å². The molecule has 0 aliphatic rings. The molecule has 0 aliphatic carbocycles. The number of anilines is 1. The van der Waals surface area contributed by atoms with Crippen molar-refractivity contribution in [3.63, 3.8) is 0 Å². The van der Waals surface area contributed by atoms with Crippen LogP contribution in [0.15, 0.2) is 22.7 Å². The molecule has 0 saturated carbocycles. The van der Waals surface area contributed by atoms with Crippen molar-refractivity contribution in [3.8, 4) is 0 Å². The van der Waals surface area contributed by atoms with E-state index in [1.807, 2.05) is 5.32 Å². The molecule has 0 unspecified atom stereocenters. The van der Waals surface area contributed by atoms with Crippen LogP contribution in [0.1, 0.15) is 5.56 Å². The Kier molecular flexibility index (Phi) is 3.76. The van der Waals surface area contributed by atoms with Crippen molar-refractivity contribution in [3.05, 3.63) is 28.2 Å². The number of nitrogens with one attached hydrogen (secondary N) is 1. The molecular weight excluding hydrogens is 307 g/mol. The highest BCUT2D eigenvalue weighted by atomic mass is 79.9. The summed E-state index contributed by atoms with van der Waals surface area (Å²) in [7, 11) is 0. The summed E-state index contributed by atoms with van der Waals surface area (Å²) in [5.74, 6) is -3.18. The second kappa shape index (κ2) is 4.74. The van der Waals surface area contributed by atoms with Gasteiger partial charge in [-0.05, 0) is 18.2 Å². The molecule has 0 heterocycles. The molecule has 2 N–H and O–H groups in total. The molecule has 0 fully saturated rings. The third-order valence-corrected chi connectivity index (χ3v) is 2.42. The van der Waals surface area contributed by atoms with Crippen LogP contribution in [0.3, 0.4) is 0 Å². The molecule has 1 amide bonds. The summed E-state index contributed by atoms with van der Waals surface area (Å²) in [6, 6.07) is 2.87. The molecule has 4 nitrogen and oxygen atoms in total. The van der Waals surface area contributed by atoms with Gasteiger partial charge in [0.15, 0.2) is 0 Å². The van der Waals surface area contributed by atoms with Gasteiger partial charge in [0.2, 0.25) is 0 Å². The third kappa shape index (κ3) is 3.45. The van der Waals surface area contributed by atoms with E-state index in [9.17, 15) is 22.8 Å². The Bertz CT molecular complexity index is 473. The van der Waals surface area contributed by atoms with E-state index < -0.39 is 23.6 Å². The minimum Gasteiger partial charge on any atom is -0.474 e. The van der Waals surface area contributed by atoms with Crippen molar-refractivity contribution in [1.29, 1.82) is 0 Å². The summed E-state index contributed by atoms with van der Waals surface area (Å²) in [6.07, 6.45) is -4.59. The van der Waals surface area contributed by atoms with Crippen LogP contribution in [0.4, 0.5) is 18.9 Å². The fraction of sp³-hybridized carbons (Fsp3) is 0.111. The van der Waals surface area contributed by atoms with Crippen molar-refractivity contribution < 1.29 is 27.9 Å². The van der Waals surface area contributed by atoms with E-state index in [4.69, 9.17) is 5.11 Å². The maximum absolute atomic E-state index is 12.5. The van der Waals surface area contributed by atoms with Gasteiger partial charge in [-0.1, -0.05) is 15.9 Å². The van der Waals surface area contributed by atoms with Gasteiger partial charge in [-0.25, -0.2) is 4.79 Å². The molecule has 0 aliphatic heterocycles. The first-order chi connectivity index (χ1) is 7.71. The van der Waals surface area contributed by atoms with E-state index in [0.29, 0.717) is 6.07 Å². The van der Waals surface area contributed by atoms with E-state index >= 15 is 0 Å². The van der Waals surface area contributed by atoms with Crippen molar-refractivity contribution in [2.24, 2.45) is 0 Å². The zero-order chi connectivity index (χ0) is 13.2. The molecule has 17 heavy (non-hydrogen) atoms. The van der Waals surface area contributed by atoms with E-state index in [1.54, 1.807) is 0 Å². The lowest BCUT2D eigenvalue weighted by Gasteiger charge is -2.11. The van der Waals surface area contributed by atoms with Crippen LogP contribution < -0.4 is 5.32 Å². The van der Waals surface area contributed by atoms with Crippen LogP contribution in [0.2, 0.25) is 0 Å². The number of carboxylic acid groups (broad SMARTS) is 1. The first kappa shape index (κ1) is 13.5. The fourth-order valence-electron chi connectivity index (χ4n) is 1.00. The highest BCUT2D eigenvalue weighted by Gasteiger charge is 2.33. The van der Waals surface area contributed by atoms with Crippen LogP contribution in [-0.4, -0.2) is 17.0 Å². The Labute approximate surface area is 102 Å². The van der Waals surface area contributed by atoms with Gasteiger partial charge in [0, 0.05) is 10.2 Å². The highest BCUT2D eigenvalue weighted by Crippen LogP contribution is 2.36. The predicted octanol–water partition coefficient (Wildman–Crippen LogP) is 2.49. The number of halogens is 4. The number of aliphatic carboxylic acids is 1. The molecule has 0 spiro atoms. The van der Waals surface area contributed by atoms with Gasteiger partial charge < -0.3 is 10.4 Å². The van der Waals surface area contributed by atoms with Crippen LogP contribution in [-0.2, 0) is 15.8 Å². The summed E-state index contributed by atoms with van der Waals surface area (Å²) in [4.78, 5) is 21.0. The summed E-state index contributed by atoms with van der Waals surface area (Å²) in [5.41, 5.74) is -1.24. The van der Waals surface area contributed by atoms with Crippen molar-refractivity contribution in [1.82, 2.24) is 0 Å². The van der Waals surface area contributed by atoms with Gasteiger partial charge in [0.1, 0.15) is 0 Å². The Morgan fingerprint density at radius 3 is 2.35 bits per heavy atom. The molecule has 8 heteroatoms. The average molecular weight is 312 g/mol. The van der Waals surface area contributed by atoms with E-state index in [2.05, 4.69) is 15.9 Å². The molecule has 0 radical (unpaired) electrons. The minimum absolute atomic E-state index is 0.196. The normalized spacial score (nSPS) is 11.1. The lowest BCUT2D eigenvalue weighted by atomic mass is 10.2. The number of benzene rings is 1. The molecule has 0 saturated heterocycles. The Balaban J connectivity index is 3.05. The molecule has 0 aromatic heterocycles. The molecule has 0 bridgehead atoms. The lowest BCUT2D eigenvalue weighted by molar-refractivity contribution is -0.147. The van der Waals surface area contributed by atoms with Gasteiger partial charge in [-0.2, -0.15) is 13.2 Å². The van der Waals surface area contributed by atoms with Crippen LogP contribution >= 0.6 is 15.9 Å². The second-order valence-corrected chi connectivity index (χ2v) is 3.81. The van der Waals surface area contributed by atoms with E-state index in [0.717, 1.165) is 12.1 Å². The lowest BCUT2D eigenvalue weighted by Crippen LogP contribution is -2.22. The maximum Gasteiger partial charge on any atom is 0.417 e. The standard InChI is InChI=1S/C9H5BrF3NO3/c10-6-2-1-4(14-7(15)8(16)17)3-5(6)9(11,12)13/h1-3H,(H,14,15)(H,16,17). The Morgan fingerprint density at radius 1 is 1.29 bits per heavy atom. The van der Waals surface area contributed by atoms with Crippen molar-refractivity contribution in [2.45, 2.75) is 6.18 Å². The first-order valence-corrected chi connectivity index (χ1v) is 4.92. The van der Waals surface area contributed by atoms with Gasteiger partial charge in [0.25, 0.3) is 0 Å². The number of rotatable bonds is 1. The number of carbonyl (C=O) groups is 2. The molecule has 0 atom stereocenters. The summed E-state index contributed by atoms with van der Waals surface area (Å²) < 4.78 is 37.2. The summed E-state index contributed by atoms with van der Waals surface area (Å²) in [5, 5.41) is 10.1. The Morgan fingerprint density at radius 2 is 1.88 bits per heavy atom. The first-order valence-electron chi connectivity index (χ1n) is 4.13. The number of carboxylic acids is 1. The van der Waals surface area contributed by atoms with Crippen LogP contribution in [0.5, 0.6) is 0 Å². The van der Waals surface area contributed by atoms with Gasteiger partial charge >= 0.3 is 18.1 Å². The molecule has 92 valence electrons. The minimum atomic E-state index is -4.59. The zero-order valence-electron chi connectivity index (χ0n) is 8.01. The van der Waals surface area contributed by atoms with Gasteiger partial charge in [0.05, 0.1) is 5.56 Å². The van der Waals surface area contributed by atoms with Crippen LogP contribution in [0, 0.1) is 0 Å². The monoisotopic (exact) mass is 311 g/mol. The smallest absolute Gasteiger partial charge is 0.417 e. The largest absolute Gasteiger partial charge is 0.474 e. The van der Waals surface area contributed by atoms with Crippen molar-refractivity contribution >= 4 is 33.5 Å². The topological polar surface area (TPSA) is 66.4 Å². The van der Waals surface area contributed by atoms with Crippen LogP contribution in [0.25, 0.3) is 0 Å². The van der Waals surface area contributed by atoms with E-state index in [-0.39, 0.29) is 10.2 Å². The third-order valence-electron chi connectivity index (χ3n) is 1.72. The number of amides is 1. The van der Waals surface area contributed by atoms with Gasteiger partial charge in [-0.3, -0.25) is 4.79 Å². The van der Waals surface area contributed by atoms with E-state index in [1.165, 1.54) is 0 Å². The average Bonchev–Trinajstić information content (AvgIpc) is 2.19. The maximum atomic E-state index is 12.5. The zero-order valence-corrected chi connectivity index (χ0v) is 9.59. The molecule has 1 rings (SSSR count). The Hall–Kier alpha value is -1.57. The van der Waals surface area contributed by atoms with Gasteiger partial charge in [-0.15, -0.1) is 0 Å². The quantitative estimate of drug-likeness (QED) is 0.783. The predicted molar refractivity (Wildman–Crippen MR) is 55.4 cm³/mol. The molecule has 1 aromatic carbocycles. The summed E-state index contributed by atoms with van der Waals surface area (Å²) >= 11 is 2.71. The number of alkyl halides is 3. The number of carbonyl (C=O) groups excluding carboxylic acids is 1. The highest BCUT2D eigenvalue weighted by molar-refractivity contribution is 9.10. The number of hydrogen-bond donors (Lipinski definition) is 2. The SMILES string of the molecule is O=C(O)C(=O)Nc1ccc(Br)c(C(F)(F)F)c1. The molecular formula is C9H5BrF3NO3. The molecule has 1 aromatic rings. The number of hydrogen-bond acceptors (Lipinski definition) is 2. The second-order valence-electron chi connectivity index (χ2n) is 2.95. The summed E-state index contributed by atoms with van der Waals surface area (Å²) in [6.45, 7) is 0.